The Hall–Kier alpha value is 0.140. The van der Waals surface area contributed by atoms with Crippen LogP contribution in [0.3, 0.4) is 0 Å². The average Bonchev–Trinajstić information content (AvgIpc) is 2.53. The highest BCUT2D eigenvalue weighted by atomic mass is 79.9. The zero-order valence-electron chi connectivity index (χ0n) is 15.8. The van der Waals surface area contributed by atoms with Crippen molar-refractivity contribution in [3.63, 3.8) is 0 Å². The van der Waals surface area contributed by atoms with Crippen LogP contribution in [-0.2, 0) is 4.74 Å². The second-order valence-electron chi connectivity index (χ2n) is 8.27. The van der Waals surface area contributed by atoms with Gasteiger partial charge in [0.1, 0.15) is 6.54 Å². The molecule has 0 amide bonds. The van der Waals surface area contributed by atoms with E-state index in [0.717, 1.165) is 48.5 Å². The molecule has 0 aromatic carbocycles. The SMILES string of the molecule is C=CC[N+](CC)(CC)CCOCCC1CCC2CC1C2(C)C.[Br-]. The van der Waals surface area contributed by atoms with Gasteiger partial charge in [-0.2, -0.15) is 0 Å². The fourth-order valence-electron chi connectivity index (χ4n) is 5.07. The summed E-state index contributed by atoms with van der Waals surface area (Å²) < 4.78 is 7.14. The van der Waals surface area contributed by atoms with Gasteiger partial charge in [0.2, 0.25) is 0 Å². The average molecular weight is 388 g/mol. The number of halogens is 1. The summed E-state index contributed by atoms with van der Waals surface area (Å²) in [5.74, 6) is 2.90. The third-order valence-corrected chi connectivity index (χ3v) is 7.20. The van der Waals surface area contributed by atoms with Crippen molar-refractivity contribution in [3.05, 3.63) is 12.7 Å². The van der Waals surface area contributed by atoms with Crippen molar-refractivity contribution in [3.8, 4) is 0 Å². The van der Waals surface area contributed by atoms with Crippen LogP contribution in [0.1, 0.15) is 53.4 Å². The number of likely N-dealkylation sites (N-methyl/N-ethyl adjacent to an activating group) is 1. The lowest BCUT2D eigenvalue weighted by Crippen LogP contribution is -3.00. The monoisotopic (exact) mass is 387 g/mol. The zero-order valence-corrected chi connectivity index (χ0v) is 17.4. The molecular weight excluding hydrogens is 350 g/mol. The molecule has 0 spiro atoms. The summed E-state index contributed by atoms with van der Waals surface area (Å²) in [7, 11) is 0. The Labute approximate surface area is 155 Å². The van der Waals surface area contributed by atoms with Gasteiger partial charge in [-0.05, 0) is 68.8 Å². The molecule has 3 atom stereocenters. The molecule has 0 radical (unpaired) electrons. The number of nitrogens with zero attached hydrogens (tertiary/aromatic N) is 1. The third kappa shape index (κ3) is 4.61. The van der Waals surface area contributed by atoms with E-state index < -0.39 is 0 Å². The standard InChI is InChI=1S/C20H38NO.BrH/c1-6-12-21(7-2,8-3)13-15-22-14-11-17-9-10-18-16-19(17)20(18,4)5;/h6,17-19H,1,7-16H2,2-5H3;1H/q+1;/p-1. The maximum Gasteiger partial charge on any atom is 0.103 e. The molecule has 0 aliphatic heterocycles. The predicted molar refractivity (Wildman–Crippen MR) is 94.8 cm³/mol. The Kier molecular flexibility index (Phi) is 8.30. The number of hydrogen-bond acceptors (Lipinski definition) is 1. The highest BCUT2D eigenvalue weighted by molar-refractivity contribution is 5.03. The minimum absolute atomic E-state index is 0. The Bertz CT molecular complexity index is 363. The summed E-state index contributed by atoms with van der Waals surface area (Å²) in [6.45, 7) is 19.9. The number of quaternary nitrogens is 1. The molecule has 3 aliphatic rings. The van der Waals surface area contributed by atoms with Crippen molar-refractivity contribution in [2.75, 3.05) is 39.4 Å². The normalized spacial score (nSPS) is 28.6. The van der Waals surface area contributed by atoms with E-state index in [0.29, 0.717) is 5.41 Å². The van der Waals surface area contributed by atoms with E-state index in [-0.39, 0.29) is 17.0 Å². The quantitative estimate of drug-likeness (QED) is 0.313. The summed E-state index contributed by atoms with van der Waals surface area (Å²) in [4.78, 5) is 0. The lowest BCUT2D eigenvalue weighted by molar-refractivity contribution is -0.919. The number of fused-ring (bicyclic) bond motifs is 2. The van der Waals surface area contributed by atoms with Gasteiger partial charge in [-0.15, -0.1) is 0 Å². The first-order chi connectivity index (χ1) is 10.5. The van der Waals surface area contributed by atoms with E-state index in [1.54, 1.807) is 0 Å². The topological polar surface area (TPSA) is 9.23 Å². The van der Waals surface area contributed by atoms with E-state index >= 15 is 0 Å². The molecule has 0 aromatic rings. The van der Waals surface area contributed by atoms with Crippen molar-refractivity contribution in [2.24, 2.45) is 23.2 Å². The van der Waals surface area contributed by atoms with Crippen LogP contribution < -0.4 is 17.0 Å². The highest BCUT2D eigenvalue weighted by Gasteiger charge is 2.53. The fourth-order valence-corrected chi connectivity index (χ4v) is 5.07. The molecule has 3 unspecified atom stereocenters. The predicted octanol–water partition coefficient (Wildman–Crippen LogP) is 1.51. The molecule has 0 aromatic heterocycles. The Morgan fingerprint density at radius 3 is 2.39 bits per heavy atom. The van der Waals surface area contributed by atoms with Crippen LogP contribution in [0.2, 0.25) is 0 Å². The van der Waals surface area contributed by atoms with Crippen LogP contribution >= 0.6 is 0 Å². The number of hydrogen-bond donors (Lipinski definition) is 0. The minimum Gasteiger partial charge on any atom is -1.00 e. The van der Waals surface area contributed by atoms with Crippen LogP contribution in [-0.4, -0.2) is 43.9 Å². The molecular formula is C20H38BrNO. The van der Waals surface area contributed by atoms with Crippen LogP contribution in [0.15, 0.2) is 12.7 Å². The van der Waals surface area contributed by atoms with Gasteiger partial charge >= 0.3 is 0 Å². The largest absolute Gasteiger partial charge is 1.00 e. The fraction of sp³-hybridized carbons (Fsp3) is 0.900. The molecule has 3 fully saturated rings. The molecule has 136 valence electrons. The van der Waals surface area contributed by atoms with Crippen LogP contribution in [0.5, 0.6) is 0 Å². The second kappa shape index (κ2) is 9.01. The van der Waals surface area contributed by atoms with E-state index in [1.165, 1.54) is 38.8 Å². The first-order valence-electron chi connectivity index (χ1n) is 9.52. The molecule has 3 heteroatoms. The van der Waals surface area contributed by atoms with Gasteiger partial charge in [-0.1, -0.05) is 20.4 Å². The lowest BCUT2D eigenvalue weighted by atomic mass is 9.45. The summed E-state index contributed by atoms with van der Waals surface area (Å²) in [5.41, 5.74) is 0.614. The van der Waals surface area contributed by atoms with Crippen molar-refractivity contribution < 1.29 is 26.2 Å². The Morgan fingerprint density at radius 2 is 1.87 bits per heavy atom. The van der Waals surface area contributed by atoms with Gasteiger partial charge < -0.3 is 26.2 Å². The van der Waals surface area contributed by atoms with Gasteiger partial charge in [0.15, 0.2) is 0 Å². The maximum absolute atomic E-state index is 6.03. The molecule has 3 saturated carbocycles. The van der Waals surface area contributed by atoms with Crippen LogP contribution in [0.4, 0.5) is 0 Å². The second-order valence-corrected chi connectivity index (χ2v) is 8.27. The highest BCUT2D eigenvalue weighted by Crippen LogP contribution is 2.61. The van der Waals surface area contributed by atoms with Gasteiger partial charge in [0.25, 0.3) is 0 Å². The molecule has 0 heterocycles. The molecule has 2 nitrogen and oxygen atoms in total. The summed E-state index contributed by atoms with van der Waals surface area (Å²) >= 11 is 0. The third-order valence-electron chi connectivity index (χ3n) is 7.20. The summed E-state index contributed by atoms with van der Waals surface area (Å²) in [5, 5.41) is 0. The van der Waals surface area contributed by atoms with Crippen molar-refractivity contribution in [2.45, 2.75) is 53.4 Å². The number of rotatable bonds is 10. The molecule has 0 saturated heterocycles. The summed E-state index contributed by atoms with van der Waals surface area (Å²) in [6.07, 6.45) is 7.73. The van der Waals surface area contributed by atoms with E-state index in [1.807, 2.05) is 0 Å². The van der Waals surface area contributed by atoms with Crippen LogP contribution in [0, 0.1) is 23.2 Å². The molecule has 23 heavy (non-hydrogen) atoms. The van der Waals surface area contributed by atoms with E-state index in [9.17, 15) is 0 Å². The van der Waals surface area contributed by atoms with E-state index in [4.69, 9.17) is 4.74 Å². The first-order valence-corrected chi connectivity index (χ1v) is 9.52. The molecule has 3 aliphatic carbocycles. The van der Waals surface area contributed by atoms with Crippen LogP contribution in [0.25, 0.3) is 0 Å². The van der Waals surface area contributed by atoms with Crippen molar-refractivity contribution in [1.29, 1.82) is 0 Å². The van der Waals surface area contributed by atoms with E-state index in [2.05, 4.69) is 40.3 Å². The van der Waals surface area contributed by atoms with Crippen molar-refractivity contribution in [1.82, 2.24) is 0 Å². The smallest absolute Gasteiger partial charge is 0.103 e. The zero-order chi connectivity index (χ0) is 16.2. The molecule has 2 bridgehead atoms. The first kappa shape index (κ1) is 21.2. The summed E-state index contributed by atoms with van der Waals surface area (Å²) in [6, 6.07) is 0. The van der Waals surface area contributed by atoms with Gasteiger partial charge in [0, 0.05) is 6.61 Å². The Balaban J connectivity index is 0.00000264. The van der Waals surface area contributed by atoms with Gasteiger partial charge in [0.05, 0.1) is 26.2 Å². The van der Waals surface area contributed by atoms with Crippen molar-refractivity contribution >= 4 is 0 Å². The maximum atomic E-state index is 6.03. The Morgan fingerprint density at radius 1 is 1.17 bits per heavy atom. The van der Waals surface area contributed by atoms with Gasteiger partial charge in [-0.3, -0.25) is 0 Å². The molecule has 3 rings (SSSR count). The lowest BCUT2D eigenvalue weighted by Gasteiger charge is -2.60. The molecule has 0 N–H and O–H groups in total. The minimum atomic E-state index is 0. The number of ether oxygens (including phenoxy) is 1. The van der Waals surface area contributed by atoms with Gasteiger partial charge in [-0.25, -0.2) is 0 Å².